The lowest BCUT2D eigenvalue weighted by Crippen LogP contribution is -1.90. The predicted octanol–water partition coefficient (Wildman–Crippen LogP) is 1.94. The predicted molar refractivity (Wildman–Crippen MR) is 36.2 cm³/mol. The van der Waals surface area contributed by atoms with E-state index in [4.69, 9.17) is 5.73 Å². The summed E-state index contributed by atoms with van der Waals surface area (Å²) in [6.07, 6.45) is 0. The standard InChI is InChI=1S/C6H4F2N2O/c7-3-1-5(9)6(10-11)2-4(3)8/h1-2H,9H2. The van der Waals surface area contributed by atoms with Crippen molar-refractivity contribution in [1.82, 2.24) is 0 Å². The van der Waals surface area contributed by atoms with Crippen molar-refractivity contribution < 1.29 is 8.78 Å². The van der Waals surface area contributed by atoms with Crippen LogP contribution in [0.15, 0.2) is 17.3 Å². The molecule has 0 aromatic heterocycles. The molecule has 11 heavy (non-hydrogen) atoms. The van der Waals surface area contributed by atoms with E-state index < -0.39 is 11.6 Å². The highest BCUT2D eigenvalue weighted by Crippen LogP contribution is 2.24. The second-order valence-electron chi connectivity index (χ2n) is 1.92. The van der Waals surface area contributed by atoms with Crippen LogP contribution in [0.2, 0.25) is 0 Å². The summed E-state index contributed by atoms with van der Waals surface area (Å²) in [7, 11) is 0. The maximum absolute atomic E-state index is 12.3. The van der Waals surface area contributed by atoms with Gasteiger partial charge in [0.05, 0.1) is 5.69 Å². The Morgan fingerprint density at radius 2 is 1.82 bits per heavy atom. The second kappa shape index (κ2) is 2.61. The molecule has 0 bridgehead atoms. The molecule has 0 aliphatic rings. The van der Waals surface area contributed by atoms with Crippen molar-refractivity contribution in [3.8, 4) is 0 Å². The molecular formula is C6H4F2N2O. The van der Waals surface area contributed by atoms with Gasteiger partial charge in [-0.2, -0.15) is 0 Å². The number of halogens is 2. The Morgan fingerprint density at radius 3 is 2.36 bits per heavy atom. The van der Waals surface area contributed by atoms with Crippen molar-refractivity contribution in [2.45, 2.75) is 0 Å². The van der Waals surface area contributed by atoms with Crippen LogP contribution < -0.4 is 5.73 Å². The molecule has 0 aliphatic carbocycles. The number of hydrogen-bond donors (Lipinski definition) is 1. The molecule has 0 saturated carbocycles. The molecule has 3 nitrogen and oxygen atoms in total. The topological polar surface area (TPSA) is 55.4 Å². The summed E-state index contributed by atoms with van der Waals surface area (Å²) in [5, 5.41) is 2.39. The summed E-state index contributed by atoms with van der Waals surface area (Å²) < 4.78 is 24.6. The average Bonchev–Trinajstić information content (AvgIpc) is 1.97. The molecule has 0 saturated heterocycles. The fourth-order valence-electron chi connectivity index (χ4n) is 0.631. The summed E-state index contributed by atoms with van der Waals surface area (Å²) in [6, 6.07) is 1.36. The number of rotatable bonds is 1. The zero-order valence-electron chi connectivity index (χ0n) is 5.34. The van der Waals surface area contributed by atoms with Gasteiger partial charge in [0.25, 0.3) is 0 Å². The summed E-state index contributed by atoms with van der Waals surface area (Å²) in [5.41, 5.74) is 4.64. The summed E-state index contributed by atoms with van der Waals surface area (Å²) in [6.45, 7) is 0. The van der Waals surface area contributed by atoms with E-state index in [1.807, 2.05) is 0 Å². The van der Waals surface area contributed by atoms with E-state index in [0.29, 0.717) is 12.1 Å². The van der Waals surface area contributed by atoms with Gasteiger partial charge in [0.2, 0.25) is 0 Å². The summed E-state index contributed by atoms with van der Waals surface area (Å²) in [4.78, 5) is 9.87. The zero-order valence-corrected chi connectivity index (χ0v) is 5.34. The molecule has 0 amide bonds. The van der Waals surface area contributed by atoms with Crippen LogP contribution in [0.4, 0.5) is 20.2 Å². The number of nitrogens with zero attached hydrogens (tertiary/aromatic N) is 1. The van der Waals surface area contributed by atoms with Gasteiger partial charge in [0.1, 0.15) is 5.69 Å². The molecule has 0 spiro atoms. The van der Waals surface area contributed by atoms with E-state index >= 15 is 0 Å². The van der Waals surface area contributed by atoms with Gasteiger partial charge >= 0.3 is 0 Å². The van der Waals surface area contributed by atoms with Crippen LogP contribution in [0.1, 0.15) is 0 Å². The number of anilines is 1. The normalized spacial score (nSPS) is 9.64. The van der Waals surface area contributed by atoms with Gasteiger partial charge < -0.3 is 5.73 Å². The van der Waals surface area contributed by atoms with Crippen LogP contribution in [0, 0.1) is 16.5 Å². The van der Waals surface area contributed by atoms with Gasteiger partial charge in [-0.25, -0.2) is 8.78 Å². The monoisotopic (exact) mass is 158 g/mol. The Balaban J connectivity index is 3.31. The Hall–Kier alpha value is -1.52. The summed E-state index contributed by atoms with van der Waals surface area (Å²) in [5.74, 6) is -2.22. The smallest absolute Gasteiger partial charge is 0.161 e. The molecule has 1 rings (SSSR count). The van der Waals surface area contributed by atoms with Crippen molar-refractivity contribution in [3.05, 3.63) is 28.7 Å². The zero-order chi connectivity index (χ0) is 8.43. The first-order chi connectivity index (χ1) is 5.15. The van der Waals surface area contributed by atoms with E-state index in [2.05, 4.69) is 5.18 Å². The van der Waals surface area contributed by atoms with Crippen LogP contribution >= 0.6 is 0 Å². The van der Waals surface area contributed by atoms with Crippen LogP contribution in [-0.2, 0) is 0 Å². The lowest BCUT2D eigenvalue weighted by atomic mass is 10.2. The van der Waals surface area contributed by atoms with Gasteiger partial charge in [-0.15, -0.1) is 4.91 Å². The highest BCUT2D eigenvalue weighted by molar-refractivity contribution is 5.62. The molecule has 1 aromatic carbocycles. The van der Waals surface area contributed by atoms with Crippen molar-refractivity contribution in [3.63, 3.8) is 0 Å². The molecule has 0 radical (unpaired) electrons. The largest absolute Gasteiger partial charge is 0.397 e. The third-order valence-corrected chi connectivity index (χ3v) is 1.17. The van der Waals surface area contributed by atoms with Crippen molar-refractivity contribution in [1.29, 1.82) is 0 Å². The van der Waals surface area contributed by atoms with E-state index in [1.54, 1.807) is 0 Å². The Bertz CT molecular complexity index is 301. The lowest BCUT2D eigenvalue weighted by Gasteiger charge is -1.96. The third kappa shape index (κ3) is 1.31. The highest BCUT2D eigenvalue weighted by atomic mass is 19.2. The molecule has 0 aliphatic heterocycles. The van der Waals surface area contributed by atoms with E-state index in [9.17, 15) is 13.7 Å². The lowest BCUT2D eigenvalue weighted by molar-refractivity contribution is 0.509. The second-order valence-corrected chi connectivity index (χ2v) is 1.92. The molecule has 0 unspecified atom stereocenters. The molecule has 0 heterocycles. The number of nitroso groups, excluding NO2 is 1. The SMILES string of the molecule is Nc1cc(F)c(F)cc1N=O. The van der Waals surface area contributed by atoms with Crippen molar-refractivity contribution >= 4 is 11.4 Å². The van der Waals surface area contributed by atoms with Crippen LogP contribution in [-0.4, -0.2) is 0 Å². The summed E-state index contributed by atoms with van der Waals surface area (Å²) >= 11 is 0. The minimum Gasteiger partial charge on any atom is -0.397 e. The maximum Gasteiger partial charge on any atom is 0.161 e. The molecule has 5 heteroatoms. The minimum atomic E-state index is -1.13. The number of hydrogen-bond acceptors (Lipinski definition) is 3. The molecule has 58 valence electrons. The van der Waals surface area contributed by atoms with Gasteiger partial charge in [0, 0.05) is 12.1 Å². The molecule has 0 fully saturated rings. The first-order valence-corrected chi connectivity index (χ1v) is 2.73. The van der Waals surface area contributed by atoms with Crippen LogP contribution in [0.25, 0.3) is 0 Å². The number of nitrogens with two attached hydrogens (primary N) is 1. The molecule has 1 aromatic rings. The molecule has 0 atom stereocenters. The molecule has 2 N–H and O–H groups in total. The highest BCUT2D eigenvalue weighted by Gasteiger charge is 2.06. The quantitative estimate of drug-likeness (QED) is 0.501. The molecular weight excluding hydrogens is 154 g/mol. The van der Waals surface area contributed by atoms with E-state index in [1.165, 1.54) is 0 Å². The third-order valence-electron chi connectivity index (χ3n) is 1.17. The van der Waals surface area contributed by atoms with Gasteiger partial charge in [-0.05, 0) is 5.18 Å². The van der Waals surface area contributed by atoms with Gasteiger partial charge in [0.15, 0.2) is 11.6 Å². The Morgan fingerprint density at radius 1 is 1.27 bits per heavy atom. The van der Waals surface area contributed by atoms with Gasteiger partial charge in [-0.3, -0.25) is 0 Å². The number of nitrogen functional groups attached to an aromatic ring is 1. The minimum absolute atomic E-state index is 0.168. The van der Waals surface area contributed by atoms with E-state index in [-0.39, 0.29) is 11.4 Å². The number of benzene rings is 1. The first-order valence-electron chi connectivity index (χ1n) is 2.73. The van der Waals surface area contributed by atoms with E-state index in [0.717, 1.165) is 0 Å². The van der Waals surface area contributed by atoms with Gasteiger partial charge in [-0.1, -0.05) is 0 Å². The average molecular weight is 158 g/mol. The van der Waals surface area contributed by atoms with Crippen LogP contribution in [0.3, 0.4) is 0 Å². The Kier molecular flexibility index (Phi) is 1.80. The fraction of sp³-hybridized carbons (Fsp3) is 0. The fourth-order valence-corrected chi connectivity index (χ4v) is 0.631. The first kappa shape index (κ1) is 7.59. The maximum atomic E-state index is 12.3. The van der Waals surface area contributed by atoms with Crippen LogP contribution in [0.5, 0.6) is 0 Å². The Labute approximate surface area is 60.8 Å². The van der Waals surface area contributed by atoms with Crippen molar-refractivity contribution in [2.24, 2.45) is 5.18 Å². The van der Waals surface area contributed by atoms with Crippen molar-refractivity contribution in [2.75, 3.05) is 5.73 Å².